The number of carbonyl (C=O) groups is 2. The van der Waals surface area contributed by atoms with E-state index >= 15 is 0 Å². The third kappa shape index (κ3) is 6.28. The van der Waals surface area contributed by atoms with Crippen LogP contribution in [0.25, 0.3) is 0 Å². The number of aliphatic carboxylic acids is 1. The van der Waals surface area contributed by atoms with E-state index in [9.17, 15) is 14.0 Å². The summed E-state index contributed by atoms with van der Waals surface area (Å²) in [6.45, 7) is 3.75. The Bertz CT molecular complexity index is 1170. The van der Waals surface area contributed by atoms with Gasteiger partial charge in [0.05, 0.1) is 24.9 Å². The normalized spacial score (nSPS) is 20.6. The monoisotopic (exact) mass is 536 g/mol. The summed E-state index contributed by atoms with van der Waals surface area (Å²) in [6.07, 6.45) is 1.82. The molecule has 192 valence electrons. The third-order valence-corrected chi connectivity index (χ3v) is 6.91. The Balaban J connectivity index is 1.71. The molecule has 4 rings (SSSR count). The number of benzene rings is 1. The lowest BCUT2D eigenvalue weighted by Crippen LogP contribution is -2.46. The second kappa shape index (κ2) is 11.9. The predicted octanol–water partition coefficient (Wildman–Crippen LogP) is 3.41. The molecule has 0 amide bonds. The number of carboxylic acid groups (broad SMARTS) is 1. The van der Waals surface area contributed by atoms with Gasteiger partial charge in [0.15, 0.2) is 10.8 Å². The van der Waals surface area contributed by atoms with Crippen molar-refractivity contribution in [3.63, 3.8) is 0 Å². The van der Waals surface area contributed by atoms with Crippen molar-refractivity contribution in [1.82, 2.24) is 15.2 Å². The summed E-state index contributed by atoms with van der Waals surface area (Å²) in [6, 6.07) is 3.15. The van der Waals surface area contributed by atoms with E-state index in [1.807, 2.05) is 5.38 Å². The molecule has 2 aliphatic rings. The minimum absolute atomic E-state index is 0.0134. The number of esters is 1. The molecule has 3 heterocycles. The second-order valence-corrected chi connectivity index (χ2v) is 9.58. The number of aliphatic imine (C=N–C) groups is 1. The van der Waals surface area contributed by atoms with Crippen LogP contribution in [0.3, 0.4) is 0 Å². The van der Waals surface area contributed by atoms with Crippen LogP contribution in [0.5, 0.6) is 0 Å². The second-order valence-electron chi connectivity index (χ2n) is 8.28. The zero-order chi connectivity index (χ0) is 25.7. The SMILES string of the molecule is CCOC(=O)C1=C(CN2CCO[C@H](CCC(=O)O)C2)NC(c2nccs2)=N[C@@H]1c1ccc(F)cc1Cl. The van der Waals surface area contributed by atoms with Gasteiger partial charge in [-0.15, -0.1) is 11.3 Å². The molecule has 0 aliphatic carbocycles. The fraction of sp³-hybridized carbons (Fsp3) is 0.417. The van der Waals surface area contributed by atoms with Gasteiger partial charge in [0.1, 0.15) is 11.9 Å². The van der Waals surface area contributed by atoms with Gasteiger partial charge in [0.25, 0.3) is 0 Å². The van der Waals surface area contributed by atoms with Crippen LogP contribution in [0.1, 0.15) is 36.4 Å². The van der Waals surface area contributed by atoms with Crippen molar-refractivity contribution < 1.29 is 28.6 Å². The largest absolute Gasteiger partial charge is 0.481 e. The van der Waals surface area contributed by atoms with Gasteiger partial charge >= 0.3 is 11.9 Å². The van der Waals surface area contributed by atoms with Crippen LogP contribution in [-0.4, -0.2) is 71.7 Å². The van der Waals surface area contributed by atoms with Crippen LogP contribution in [0, 0.1) is 5.82 Å². The first-order valence-electron chi connectivity index (χ1n) is 11.5. The van der Waals surface area contributed by atoms with Crippen molar-refractivity contribution in [3.05, 3.63) is 62.5 Å². The van der Waals surface area contributed by atoms with Gasteiger partial charge < -0.3 is 19.9 Å². The Labute approximate surface area is 216 Å². The number of rotatable bonds is 9. The Morgan fingerprint density at radius 1 is 1.42 bits per heavy atom. The summed E-state index contributed by atoms with van der Waals surface area (Å²) in [4.78, 5) is 35.4. The van der Waals surface area contributed by atoms with Crippen LogP contribution in [-0.2, 0) is 19.1 Å². The van der Waals surface area contributed by atoms with Crippen molar-refractivity contribution in [2.24, 2.45) is 4.99 Å². The highest BCUT2D eigenvalue weighted by molar-refractivity contribution is 7.11. The summed E-state index contributed by atoms with van der Waals surface area (Å²) in [7, 11) is 0. The fourth-order valence-electron chi connectivity index (χ4n) is 4.17. The average molecular weight is 537 g/mol. The number of morpholine rings is 1. The molecular formula is C24H26ClFN4O5S. The molecule has 12 heteroatoms. The molecule has 36 heavy (non-hydrogen) atoms. The summed E-state index contributed by atoms with van der Waals surface area (Å²) in [5.74, 6) is -1.46. The molecule has 2 aromatic rings. The Morgan fingerprint density at radius 2 is 2.25 bits per heavy atom. The number of hydrogen-bond acceptors (Lipinski definition) is 9. The predicted molar refractivity (Wildman–Crippen MR) is 133 cm³/mol. The number of ether oxygens (including phenoxy) is 2. The molecule has 0 radical (unpaired) electrons. The Morgan fingerprint density at radius 3 is 2.94 bits per heavy atom. The summed E-state index contributed by atoms with van der Waals surface area (Å²) in [5.41, 5.74) is 1.31. The minimum atomic E-state index is -0.875. The number of nitrogens with zero attached hydrogens (tertiary/aromatic N) is 3. The zero-order valence-electron chi connectivity index (χ0n) is 19.6. The molecule has 2 aliphatic heterocycles. The van der Waals surface area contributed by atoms with E-state index in [1.165, 1.54) is 29.5 Å². The molecule has 1 aromatic heterocycles. The van der Waals surface area contributed by atoms with E-state index in [4.69, 9.17) is 31.2 Å². The third-order valence-electron chi connectivity index (χ3n) is 5.80. The van der Waals surface area contributed by atoms with Crippen molar-refractivity contribution in [2.45, 2.75) is 31.9 Å². The van der Waals surface area contributed by atoms with Gasteiger partial charge in [0, 0.05) is 53.9 Å². The number of aromatic nitrogens is 1. The van der Waals surface area contributed by atoms with Crippen LogP contribution in [0.15, 0.2) is 46.0 Å². The molecule has 0 unspecified atom stereocenters. The quantitative estimate of drug-likeness (QED) is 0.469. The number of thiazole rings is 1. The van der Waals surface area contributed by atoms with Crippen molar-refractivity contribution in [2.75, 3.05) is 32.8 Å². The Kier molecular flexibility index (Phi) is 8.68. The summed E-state index contributed by atoms with van der Waals surface area (Å²) >= 11 is 7.79. The summed E-state index contributed by atoms with van der Waals surface area (Å²) < 4.78 is 24.9. The first-order valence-corrected chi connectivity index (χ1v) is 12.8. The number of amidine groups is 1. The number of halogens is 2. The van der Waals surface area contributed by atoms with Crippen molar-refractivity contribution in [1.29, 1.82) is 0 Å². The molecule has 1 aromatic carbocycles. The van der Waals surface area contributed by atoms with Crippen LogP contribution < -0.4 is 5.32 Å². The van der Waals surface area contributed by atoms with Crippen LogP contribution >= 0.6 is 22.9 Å². The van der Waals surface area contributed by atoms with E-state index in [1.54, 1.807) is 13.1 Å². The van der Waals surface area contributed by atoms with Gasteiger partial charge in [0.2, 0.25) is 0 Å². The molecule has 1 fully saturated rings. The van der Waals surface area contributed by atoms with E-state index in [-0.39, 0.29) is 29.7 Å². The van der Waals surface area contributed by atoms with Gasteiger partial charge in [-0.2, -0.15) is 0 Å². The highest BCUT2D eigenvalue weighted by atomic mass is 35.5. The number of carboxylic acids is 1. The number of nitrogens with one attached hydrogen (secondary N) is 1. The fourth-order valence-corrected chi connectivity index (χ4v) is 5.03. The molecule has 1 saturated heterocycles. The highest BCUT2D eigenvalue weighted by Crippen LogP contribution is 2.37. The molecule has 0 bridgehead atoms. The van der Waals surface area contributed by atoms with E-state index in [0.29, 0.717) is 54.8 Å². The topological polar surface area (TPSA) is 113 Å². The van der Waals surface area contributed by atoms with Crippen molar-refractivity contribution in [3.8, 4) is 0 Å². The molecule has 2 N–H and O–H groups in total. The summed E-state index contributed by atoms with van der Waals surface area (Å²) in [5, 5.41) is 14.9. The standard InChI is InChI=1S/C24H26ClFN4O5S/c1-2-34-24(33)20-18(13-30-8-9-35-15(12-30)4-6-19(31)32)28-22(23-27-7-10-36-23)29-21(20)16-5-3-14(26)11-17(16)25/h3,5,7,10-11,15,21H,2,4,6,8-9,12-13H2,1H3,(H,28,29)(H,31,32)/t15-,21-/m1/s1. The first kappa shape index (κ1) is 26.2. The van der Waals surface area contributed by atoms with Gasteiger partial charge in [-0.3, -0.25) is 14.7 Å². The highest BCUT2D eigenvalue weighted by Gasteiger charge is 2.35. The molecular weight excluding hydrogens is 511 g/mol. The molecule has 0 spiro atoms. The van der Waals surface area contributed by atoms with Gasteiger partial charge in [-0.05, 0) is 25.5 Å². The van der Waals surface area contributed by atoms with E-state index in [0.717, 1.165) is 0 Å². The molecule has 2 atom stereocenters. The number of carbonyl (C=O) groups excluding carboxylic acids is 1. The lowest BCUT2D eigenvalue weighted by molar-refractivity contribution is -0.139. The first-order chi connectivity index (χ1) is 17.4. The smallest absolute Gasteiger partial charge is 0.338 e. The minimum Gasteiger partial charge on any atom is -0.481 e. The molecule has 9 nitrogen and oxygen atoms in total. The molecule has 0 saturated carbocycles. The van der Waals surface area contributed by atoms with Crippen molar-refractivity contribution >= 4 is 40.7 Å². The maximum atomic E-state index is 13.8. The van der Waals surface area contributed by atoms with Gasteiger partial charge in [-0.25, -0.2) is 14.2 Å². The Hall–Kier alpha value is -2.86. The maximum Gasteiger partial charge on any atom is 0.338 e. The maximum absolute atomic E-state index is 13.8. The van der Waals surface area contributed by atoms with Crippen LogP contribution in [0.2, 0.25) is 5.02 Å². The van der Waals surface area contributed by atoms with E-state index < -0.39 is 23.8 Å². The van der Waals surface area contributed by atoms with Gasteiger partial charge in [-0.1, -0.05) is 17.7 Å². The zero-order valence-corrected chi connectivity index (χ0v) is 21.1. The number of hydrogen-bond donors (Lipinski definition) is 2. The lowest BCUT2D eigenvalue weighted by Gasteiger charge is -2.35. The average Bonchev–Trinajstić information content (AvgIpc) is 3.38. The van der Waals surface area contributed by atoms with E-state index in [2.05, 4.69) is 15.2 Å². The lowest BCUT2D eigenvalue weighted by atomic mass is 9.95. The van der Waals surface area contributed by atoms with Crippen LogP contribution in [0.4, 0.5) is 4.39 Å².